The Hall–Kier alpha value is -2.32. The van der Waals surface area contributed by atoms with Crippen LogP contribution in [-0.2, 0) is 10.0 Å². The fourth-order valence-electron chi connectivity index (χ4n) is 2.94. The van der Waals surface area contributed by atoms with E-state index < -0.39 is 16.0 Å². The number of nitrogens with one attached hydrogen (secondary N) is 1. The third kappa shape index (κ3) is 3.61. The van der Waals surface area contributed by atoms with Crippen molar-refractivity contribution in [3.8, 4) is 0 Å². The van der Waals surface area contributed by atoms with Crippen LogP contribution >= 0.6 is 11.6 Å². The third-order valence-corrected chi connectivity index (χ3v) is 6.20. The Balaban J connectivity index is 1.96. The number of aromatic carboxylic acids is 1. The molecule has 1 aliphatic heterocycles. The van der Waals surface area contributed by atoms with Gasteiger partial charge in [-0.1, -0.05) is 17.7 Å². The topological polar surface area (TPSA) is 99.6 Å². The highest BCUT2D eigenvalue weighted by atomic mass is 35.5. The monoisotopic (exact) mass is 395 g/mol. The Kier molecular flexibility index (Phi) is 5.06. The van der Waals surface area contributed by atoms with E-state index >= 15 is 0 Å². The molecule has 138 valence electrons. The summed E-state index contributed by atoms with van der Waals surface area (Å²) in [6.07, 6.45) is 3.28. The zero-order chi connectivity index (χ0) is 18.9. The summed E-state index contributed by atoms with van der Waals surface area (Å²) in [7, 11) is -3.92. The summed E-state index contributed by atoms with van der Waals surface area (Å²) < 4.78 is 27.7. The summed E-state index contributed by atoms with van der Waals surface area (Å²) >= 11 is 6.00. The fraction of sp³-hybridized carbons (Fsp3) is 0.294. The molecule has 9 heteroatoms. The van der Waals surface area contributed by atoms with Crippen molar-refractivity contribution in [2.24, 2.45) is 0 Å². The third-order valence-electron chi connectivity index (χ3n) is 4.26. The molecule has 0 radical (unpaired) electrons. The molecule has 1 aromatic carbocycles. The first-order valence-corrected chi connectivity index (χ1v) is 9.92. The molecule has 0 bridgehead atoms. The minimum absolute atomic E-state index is 0.0325. The van der Waals surface area contributed by atoms with Crippen molar-refractivity contribution in [1.82, 2.24) is 4.98 Å². The van der Waals surface area contributed by atoms with Gasteiger partial charge in [-0.3, -0.25) is 4.72 Å². The van der Waals surface area contributed by atoms with Crippen LogP contribution in [-0.4, -0.2) is 37.6 Å². The molecule has 1 fully saturated rings. The van der Waals surface area contributed by atoms with Crippen LogP contribution < -0.4 is 9.62 Å². The maximum absolute atomic E-state index is 12.6. The minimum Gasteiger partial charge on any atom is -0.478 e. The molecule has 2 N–H and O–H groups in total. The van der Waals surface area contributed by atoms with Crippen molar-refractivity contribution in [3.05, 3.63) is 46.6 Å². The van der Waals surface area contributed by atoms with Crippen LogP contribution in [0.5, 0.6) is 0 Å². The minimum atomic E-state index is -3.92. The first-order chi connectivity index (χ1) is 12.3. The van der Waals surface area contributed by atoms with Gasteiger partial charge in [0.25, 0.3) is 10.0 Å². The highest BCUT2D eigenvalue weighted by Crippen LogP contribution is 2.28. The van der Waals surface area contributed by atoms with Gasteiger partial charge < -0.3 is 10.0 Å². The number of carboxylic acids is 1. The fourth-order valence-corrected chi connectivity index (χ4v) is 4.47. The number of aromatic nitrogens is 1. The largest absolute Gasteiger partial charge is 0.478 e. The number of carboxylic acid groups (broad SMARTS) is 1. The average molecular weight is 396 g/mol. The number of sulfonamides is 1. The van der Waals surface area contributed by atoms with Gasteiger partial charge in [-0.15, -0.1) is 0 Å². The summed E-state index contributed by atoms with van der Waals surface area (Å²) in [5.41, 5.74) is 0.474. The second-order valence-corrected chi connectivity index (χ2v) is 8.12. The van der Waals surface area contributed by atoms with Gasteiger partial charge in [-0.05, 0) is 43.5 Å². The first kappa shape index (κ1) is 18.5. The van der Waals surface area contributed by atoms with Crippen molar-refractivity contribution >= 4 is 39.1 Å². The van der Waals surface area contributed by atoms with Crippen LogP contribution in [0.3, 0.4) is 0 Å². The summed E-state index contributed by atoms with van der Waals surface area (Å²) in [6.45, 7) is 3.08. The van der Waals surface area contributed by atoms with E-state index in [2.05, 4.69) is 9.71 Å². The standard InChI is InChI=1S/C17H18ClN3O4S/c1-11-14(18)5-4-6-15(11)26(24,25)20-12-9-13(17(22)23)16(19-10-12)21-7-2-3-8-21/h4-6,9-10,20H,2-3,7-8H2,1H3,(H,22,23). The Bertz CT molecular complexity index is 956. The smallest absolute Gasteiger partial charge is 0.339 e. The Morgan fingerprint density at radius 3 is 2.65 bits per heavy atom. The van der Waals surface area contributed by atoms with Gasteiger partial charge in [0.2, 0.25) is 0 Å². The lowest BCUT2D eigenvalue weighted by Gasteiger charge is -2.19. The zero-order valence-corrected chi connectivity index (χ0v) is 15.6. The second-order valence-electron chi connectivity index (χ2n) is 6.06. The number of halogens is 1. The van der Waals surface area contributed by atoms with Crippen LogP contribution in [0.1, 0.15) is 28.8 Å². The second kappa shape index (κ2) is 7.13. The van der Waals surface area contributed by atoms with E-state index in [0.717, 1.165) is 25.9 Å². The van der Waals surface area contributed by atoms with Crippen LogP contribution in [0.4, 0.5) is 11.5 Å². The molecule has 0 unspecified atom stereocenters. The maximum atomic E-state index is 12.6. The van der Waals surface area contributed by atoms with Crippen LogP contribution in [0.15, 0.2) is 35.4 Å². The Labute approximate surface area is 156 Å². The number of pyridine rings is 1. The summed E-state index contributed by atoms with van der Waals surface area (Å²) in [5, 5.41) is 9.82. The van der Waals surface area contributed by atoms with E-state index in [1.54, 1.807) is 19.1 Å². The van der Waals surface area contributed by atoms with Crippen molar-refractivity contribution in [2.75, 3.05) is 22.7 Å². The Morgan fingerprint density at radius 1 is 1.31 bits per heavy atom. The SMILES string of the molecule is Cc1c(Cl)cccc1S(=O)(=O)Nc1cnc(N2CCCC2)c(C(=O)O)c1. The molecular weight excluding hydrogens is 378 g/mol. The summed E-state index contributed by atoms with van der Waals surface area (Å²) in [4.78, 5) is 17.7. The Morgan fingerprint density at radius 2 is 2.00 bits per heavy atom. The van der Waals surface area contributed by atoms with E-state index in [1.807, 2.05) is 4.90 Å². The van der Waals surface area contributed by atoms with Gasteiger partial charge in [0.05, 0.1) is 16.8 Å². The van der Waals surface area contributed by atoms with E-state index in [1.165, 1.54) is 18.3 Å². The molecule has 0 spiro atoms. The lowest BCUT2D eigenvalue weighted by atomic mass is 10.2. The molecule has 26 heavy (non-hydrogen) atoms. The van der Waals surface area contributed by atoms with Crippen molar-refractivity contribution in [3.63, 3.8) is 0 Å². The average Bonchev–Trinajstić information content (AvgIpc) is 3.11. The molecule has 2 heterocycles. The van der Waals surface area contributed by atoms with Crippen molar-refractivity contribution < 1.29 is 18.3 Å². The van der Waals surface area contributed by atoms with E-state index in [0.29, 0.717) is 16.4 Å². The van der Waals surface area contributed by atoms with Gasteiger partial charge >= 0.3 is 5.97 Å². The molecule has 0 atom stereocenters. The lowest BCUT2D eigenvalue weighted by molar-refractivity contribution is 0.0697. The van der Waals surface area contributed by atoms with Gasteiger partial charge in [0, 0.05) is 18.1 Å². The number of carbonyl (C=O) groups is 1. The molecule has 2 aromatic rings. The number of rotatable bonds is 5. The highest BCUT2D eigenvalue weighted by Gasteiger charge is 2.23. The molecule has 7 nitrogen and oxygen atoms in total. The van der Waals surface area contributed by atoms with E-state index in [9.17, 15) is 18.3 Å². The van der Waals surface area contributed by atoms with Crippen LogP contribution in [0.2, 0.25) is 5.02 Å². The quantitative estimate of drug-likeness (QED) is 0.806. The molecule has 1 saturated heterocycles. The van der Waals surface area contributed by atoms with Gasteiger partial charge in [-0.25, -0.2) is 18.2 Å². The van der Waals surface area contributed by atoms with E-state index in [4.69, 9.17) is 11.6 Å². The molecular formula is C17H18ClN3O4S. The van der Waals surface area contributed by atoms with Crippen LogP contribution in [0, 0.1) is 6.92 Å². The number of hydrogen-bond donors (Lipinski definition) is 2. The number of anilines is 2. The normalized spacial score (nSPS) is 14.5. The maximum Gasteiger partial charge on any atom is 0.339 e. The lowest BCUT2D eigenvalue weighted by Crippen LogP contribution is -2.22. The van der Waals surface area contributed by atoms with Gasteiger partial charge in [0.15, 0.2) is 0 Å². The van der Waals surface area contributed by atoms with Crippen molar-refractivity contribution in [1.29, 1.82) is 0 Å². The molecule has 1 aliphatic rings. The van der Waals surface area contributed by atoms with E-state index in [-0.39, 0.29) is 16.1 Å². The van der Waals surface area contributed by atoms with Gasteiger partial charge in [-0.2, -0.15) is 0 Å². The molecule has 1 aromatic heterocycles. The predicted octanol–water partition coefficient (Wildman–Crippen LogP) is 3.14. The first-order valence-electron chi connectivity index (χ1n) is 8.06. The predicted molar refractivity (Wildman–Crippen MR) is 99.6 cm³/mol. The number of benzene rings is 1. The van der Waals surface area contributed by atoms with Crippen molar-refractivity contribution in [2.45, 2.75) is 24.7 Å². The number of hydrogen-bond acceptors (Lipinski definition) is 5. The summed E-state index contributed by atoms with van der Waals surface area (Å²) in [5.74, 6) is -0.795. The highest BCUT2D eigenvalue weighted by molar-refractivity contribution is 7.92. The zero-order valence-electron chi connectivity index (χ0n) is 14.1. The van der Waals surface area contributed by atoms with Gasteiger partial charge in [0.1, 0.15) is 11.4 Å². The van der Waals surface area contributed by atoms with Crippen LogP contribution in [0.25, 0.3) is 0 Å². The molecule has 0 aliphatic carbocycles. The number of nitrogens with zero attached hydrogens (tertiary/aromatic N) is 2. The molecule has 3 rings (SSSR count). The molecule has 0 saturated carbocycles. The summed E-state index contributed by atoms with van der Waals surface area (Å²) in [6, 6.07) is 5.88. The molecule has 0 amide bonds.